The van der Waals surface area contributed by atoms with Crippen molar-refractivity contribution in [1.29, 1.82) is 0 Å². The summed E-state index contributed by atoms with van der Waals surface area (Å²) in [5.41, 5.74) is -0.517. The number of rotatable bonds is 3. The van der Waals surface area contributed by atoms with Crippen LogP contribution in [0.3, 0.4) is 0 Å². The van der Waals surface area contributed by atoms with Crippen molar-refractivity contribution in [1.82, 2.24) is 9.88 Å². The summed E-state index contributed by atoms with van der Waals surface area (Å²) in [6.45, 7) is 6.72. The Kier molecular flexibility index (Phi) is 5.26. The van der Waals surface area contributed by atoms with Gasteiger partial charge in [-0.2, -0.15) is 0 Å². The van der Waals surface area contributed by atoms with Crippen LogP contribution < -0.4 is 4.90 Å². The number of nitro groups is 1. The highest BCUT2D eigenvalue weighted by Crippen LogP contribution is 2.28. The first-order chi connectivity index (χ1) is 11.2. The molecule has 1 aliphatic heterocycles. The lowest BCUT2D eigenvalue weighted by molar-refractivity contribution is -0.384. The zero-order valence-corrected chi connectivity index (χ0v) is 14.6. The summed E-state index contributed by atoms with van der Waals surface area (Å²) >= 11 is 0. The average Bonchev–Trinajstić information content (AvgIpc) is 2.52. The molecule has 8 heteroatoms. The molecule has 2 heterocycles. The van der Waals surface area contributed by atoms with Crippen molar-refractivity contribution in [2.24, 2.45) is 0 Å². The number of hydrogen-bond acceptors (Lipinski definition) is 6. The Morgan fingerprint density at radius 1 is 1.42 bits per heavy atom. The molecule has 8 nitrogen and oxygen atoms in total. The molecule has 0 atom stereocenters. The van der Waals surface area contributed by atoms with Crippen LogP contribution in [0.2, 0.25) is 0 Å². The van der Waals surface area contributed by atoms with Gasteiger partial charge in [-0.3, -0.25) is 10.1 Å². The van der Waals surface area contributed by atoms with Crippen LogP contribution in [0, 0.1) is 10.1 Å². The van der Waals surface area contributed by atoms with Crippen molar-refractivity contribution >= 4 is 17.6 Å². The molecular weight excluding hydrogens is 312 g/mol. The van der Waals surface area contributed by atoms with E-state index in [1.54, 1.807) is 24.2 Å². The van der Waals surface area contributed by atoms with Crippen molar-refractivity contribution in [2.75, 3.05) is 25.0 Å². The summed E-state index contributed by atoms with van der Waals surface area (Å²) in [5.74, 6) is 0.390. The zero-order valence-electron chi connectivity index (χ0n) is 14.6. The number of carbonyl (C=O) groups excluding carboxylic acids is 1. The second kappa shape index (κ2) is 7.02. The van der Waals surface area contributed by atoms with E-state index in [2.05, 4.69) is 4.98 Å². The number of carbonyl (C=O) groups is 1. The van der Waals surface area contributed by atoms with Crippen LogP contribution in [0.5, 0.6) is 0 Å². The first kappa shape index (κ1) is 18.0. The fourth-order valence-corrected chi connectivity index (χ4v) is 2.72. The Morgan fingerprint density at radius 2 is 2.04 bits per heavy atom. The SMILES string of the molecule is CN(C(=O)OC(C)(C)C)C1CCN(c2ncccc2[N+](=O)[O-])CC1. The van der Waals surface area contributed by atoms with Gasteiger partial charge in [-0.1, -0.05) is 0 Å². The van der Waals surface area contributed by atoms with Gasteiger partial charge in [-0.25, -0.2) is 9.78 Å². The normalized spacial score (nSPS) is 15.9. The van der Waals surface area contributed by atoms with Crippen molar-refractivity contribution in [3.8, 4) is 0 Å². The lowest BCUT2D eigenvalue weighted by atomic mass is 10.0. The van der Waals surface area contributed by atoms with Gasteiger partial charge in [0.1, 0.15) is 5.60 Å². The summed E-state index contributed by atoms with van der Waals surface area (Å²) in [6, 6.07) is 3.07. The molecule has 0 saturated carbocycles. The van der Waals surface area contributed by atoms with Gasteiger partial charge < -0.3 is 14.5 Å². The van der Waals surface area contributed by atoms with Gasteiger partial charge in [-0.05, 0) is 39.7 Å². The molecule has 0 spiro atoms. The van der Waals surface area contributed by atoms with E-state index in [1.807, 2.05) is 25.7 Å². The van der Waals surface area contributed by atoms with E-state index in [1.165, 1.54) is 6.07 Å². The summed E-state index contributed by atoms with van der Waals surface area (Å²) < 4.78 is 5.39. The van der Waals surface area contributed by atoms with Crippen LogP contribution >= 0.6 is 0 Å². The van der Waals surface area contributed by atoms with E-state index >= 15 is 0 Å². The number of ether oxygens (including phenoxy) is 1. The van der Waals surface area contributed by atoms with Crippen LogP contribution in [0.1, 0.15) is 33.6 Å². The first-order valence-corrected chi connectivity index (χ1v) is 7.99. The molecule has 1 aromatic rings. The fraction of sp³-hybridized carbons (Fsp3) is 0.625. The highest BCUT2D eigenvalue weighted by Gasteiger charge is 2.30. The topological polar surface area (TPSA) is 88.8 Å². The summed E-state index contributed by atoms with van der Waals surface area (Å²) in [5, 5.41) is 11.1. The van der Waals surface area contributed by atoms with Crippen molar-refractivity contribution < 1.29 is 14.5 Å². The van der Waals surface area contributed by atoms with Crippen LogP contribution in [-0.4, -0.2) is 52.7 Å². The van der Waals surface area contributed by atoms with Gasteiger partial charge in [0.15, 0.2) is 0 Å². The number of hydrogen-bond donors (Lipinski definition) is 0. The first-order valence-electron chi connectivity index (χ1n) is 7.99. The number of piperidine rings is 1. The predicted octanol–water partition coefficient (Wildman–Crippen LogP) is 2.83. The molecule has 132 valence electrons. The lowest BCUT2D eigenvalue weighted by Crippen LogP contribution is -2.47. The number of pyridine rings is 1. The zero-order chi connectivity index (χ0) is 17.9. The highest BCUT2D eigenvalue weighted by atomic mass is 16.6. The fourth-order valence-electron chi connectivity index (χ4n) is 2.72. The predicted molar refractivity (Wildman–Crippen MR) is 90.1 cm³/mol. The van der Waals surface area contributed by atoms with Gasteiger partial charge in [0.2, 0.25) is 5.82 Å². The number of aromatic nitrogens is 1. The maximum atomic E-state index is 12.1. The van der Waals surface area contributed by atoms with Crippen LogP contribution in [0.25, 0.3) is 0 Å². The smallest absolute Gasteiger partial charge is 0.410 e. The minimum absolute atomic E-state index is 0.0106. The van der Waals surface area contributed by atoms with Crippen LogP contribution in [-0.2, 0) is 4.74 Å². The lowest BCUT2D eigenvalue weighted by Gasteiger charge is -2.37. The third kappa shape index (κ3) is 4.33. The monoisotopic (exact) mass is 336 g/mol. The van der Waals surface area contributed by atoms with Gasteiger partial charge in [-0.15, -0.1) is 0 Å². The summed E-state index contributed by atoms with van der Waals surface area (Å²) in [6.07, 6.45) is 2.64. The second-order valence-electron chi connectivity index (χ2n) is 6.91. The largest absolute Gasteiger partial charge is 0.444 e. The number of amides is 1. The quantitative estimate of drug-likeness (QED) is 0.623. The Bertz CT molecular complexity index is 606. The van der Waals surface area contributed by atoms with Gasteiger partial charge in [0, 0.05) is 38.4 Å². The Balaban J connectivity index is 1.99. The molecule has 2 rings (SSSR count). The molecule has 1 fully saturated rings. The van der Waals surface area contributed by atoms with Crippen molar-refractivity contribution in [2.45, 2.75) is 45.3 Å². The molecule has 1 aliphatic rings. The van der Waals surface area contributed by atoms with Crippen molar-refractivity contribution in [3.63, 3.8) is 0 Å². The van der Waals surface area contributed by atoms with Crippen LogP contribution in [0.15, 0.2) is 18.3 Å². The van der Waals surface area contributed by atoms with E-state index in [0.29, 0.717) is 31.7 Å². The minimum Gasteiger partial charge on any atom is -0.444 e. The summed E-state index contributed by atoms with van der Waals surface area (Å²) in [7, 11) is 1.73. The minimum atomic E-state index is -0.527. The molecule has 0 N–H and O–H groups in total. The molecule has 1 aromatic heterocycles. The van der Waals surface area contributed by atoms with Crippen molar-refractivity contribution in [3.05, 3.63) is 28.4 Å². The maximum absolute atomic E-state index is 12.1. The van der Waals surface area contributed by atoms with E-state index in [9.17, 15) is 14.9 Å². The average molecular weight is 336 g/mol. The molecule has 1 amide bonds. The van der Waals surface area contributed by atoms with E-state index in [-0.39, 0.29) is 17.8 Å². The third-order valence-electron chi connectivity index (χ3n) is 3.96. The van der Waals surface area contributed by atoms with E-state index in [0.717, 1.165) is 0 Å². The van der Waals surface area contributed by atoms with Crippen LogP contribution in [0.4, 0.5) is 16.3 Å². The maximum Gasteiger partial charge on any atom is 0.410 e. The Labute approximate surface area is 141 Å². The van der Waals surface area contributed by atoms with Gasteiger partial charge in [0.25, 0.3) is 0 Å². The standard InChI is InChI=1S/C16H24N4O4/c1-16(2,3)24-15(21)18(4)12-7-10-19(11-8-12)14-13(20(22)23)6-5-9-17-14/h5-6,9,12H,7-8,10-11H2,1-4H3. The molecule has 0 unspecified atom stereocenters. The van der Waals surface area contributed by atoms with Gasteiger partial charge >= 0.3 is 11.8 Å². The third-order valence-corrected chi connectivity index (χ3v) is 3.96. The molecule has 0 aromatic carbocycles. The number of nitrogens with zero attached hydrogens (tertiary/aromatic N) is 4. The van der Waals surface area contributed by atoms with E-state index < -0.39 is 10.5 Å². The molecule has 0 bridgehead atoms. The van der Waals surface area contributed by atoms with Gasteiger partial charge in [0.05, 0.1) is 4.92 Å². The summed E-state index contributed by atoms with van der Waals surface area (Å²) in [4.78, 5) is 30.5. The highest BCUT2D eigenvalue weighted by molar-refractivity contribution is 5.68. The molecule has 0 radical (unpaired) electrons. The molecule has 24 heavy (non-hydrogen) atoms. The number of anilines is 1. The Morgan fingerprint density at radius 3 is 2.58 bits per heavy atom. The Hall–Kier alpha value is -2.38. The second-order valence-corrected chi connectivity index (χ2v) is 6.91. The molecule has 0 aliphatic carbocycles. The van der Waals surface area contributed by atoms with E-state index in [4.69, 9.17) is 4.74 Å². The molecule has 1 saturated heterocycles. The molecular formula is C16H24N4O4.